The van der Waals surface area contributed by atoms with Crippen LogP contribution < -0.4 is 4.72 Å². The van der Waals surface area contributed by atoms with Crippen molar-refractivity contribution in [3.8, 4) is 0 Å². The number of aromatic carboxylic acids is 1. The molecule has 1 aromatic carbocycles. The summed E-state index contributed by atoms with van der Waals surface area (Å²) >= 11 is 1.45. The summed E-state index contributed by atoms with van der Waals surface area (Å²) in [5.41, 5.74) is 0.490. The van der Waals surface area contributed by atoms with Crippen molar-refractivity contribution in [2.75, 3.05) is 0 Å². The zero-order chi connectivity index (χ0) is 16.3. The van der Waals surface area contributed by atoms with E-state index >= 15 is 0 Å². The lowest BCUT2D eigenvalue weighted by molar-refractivity contribution is 0.0696. The van der Waals surface area contributed by atoms with E-state index in [1.165, 1.54) is 29.5 Å². The number of nitrogens with one attached hydrogen (secondary N) is 1. The van der Waals surface area contributed by atoms with E-state index in [-0.39, 0.29) is 17.0 Å². The second-order valence-electron chi connectivity index (χ2n) is 4.68. The van der Waals surface area contributed by atoms with Gasteiger partial charge in [-0.25, -0.2) is 22.9 Å². The largest absolute Gasteiger partial charge is 0.478 e. The number of aryl methyl sites for hydroxylation is 2. The highest BCUT2D eigenvalue weighted by Crippen LogP contribution is 2.17. The minimum absolute atomic E-state index is 0.0228. The maximum Gasteiger partial charge on any atom is 0.335 e. The summed E-state index contributed by atoms with van der Waals surface area (Å²) in [6, 6.07) is 4.04. The molecule has 2 N–H and O–H groups in total. The Labute approximate surface area is 132 Å². The molecular weight excluding hydrogens is 324 g/mol. The van der Waals surface area contributed by atoms with Crippen molar-refractivity contribution in [1.82, 2.24) is 9.71 Å². The van der Waals surface area contributed by atoms with Crippen LogP contribution in [-0.2, 0) is 23.0 Å². The summed E-state index contributed by atoms with van der Waals surface area (Å²) in [4.78, 5) is 16.2. The molecule has 0 saturated carbocycles. The summed E-state index contributed by atoms with van der Waals surface area (Å²) in [5, 5.41) is 9.74. The van der Waals surface area contributed by atoms with E-state index in [0.29, 0.717) is 10.6 Å². The van der Waals surface area contributed by atoms with Gasteiger partial charge in [-0.2, -0.15) is 0 Å². The number of carbonyl (C=O) groups is 1. The first-order valence-electron chi connectivity index (χ1n) is 6.60. The molecular formula is C14H16N2O4S2. The third kappa shape index (κ3) is 3.70. The Morgan fingerprint density at radius 1 is 1.41 bits per heavy atom. The summed E-state index contributed by atoms with van der Waals surface area (Å²) in [6.07, 6.45) is 2.58. The molecule has 0 saturated heterocycles. The number of nitrogens with zero attached hydrogens (tertiary/aromatic N) is 1. The highest BCUT2D eigenvalue weighted by atomic mass is 32.2. The van der Waals surface area contributed by atoms with Crippen LogP contribution in [0.25, 0.3) is 0 Å². The lowest BCUT2D eigenvalue weighted by Crippen LogP contribution is -2.23. The Balaban J connectivity index is 2.19. The van der Waals surface area contributed by atoms with Crippen molar-refractivity contribution in [2.45, 2.75) is 31.7 Å². The summed E-state index contributed by atoms with van der Waals surface area (Å²) in [6.45, 7) is 3.71. The number of benzene rings is 1. The van der Waals surface area contributed by atoms with E-state index in [1.54, 1.807) is 13.1 Å². The second kappa shape index (κ2) is 6.55. The molecule has 1 heterocycles. The Kier molecular flexibility index (Phi) is 4.94. The van der Waals surface area contributed by atoms with E-state index in [2.05, 4.69) is 9.71 Å². The van der Waals surface area contributed by atoms with Gasteiger partial charge in [0.05, 0.1) is 17.0 Å². The molecule has 0 aliphatic heterocycles. The first-order chi connectivity index (χ1) is 10.3. The molecule has 0 fully saturated rings. The molecule has 22 heavy (non-hydrogen) atoms. The molecule has 0 bridgehead atoms. The summed E-state index contributed by atoms with van der Waals surface area (Å²) in [5.74, 6) is -1.15. The SMILES string of the molecule is CCc1cnc(CNS(=O)(=O)c2ccc(C)c(C(=O)O)c2)s1. The van der Waals surface area contributed by atoms with Gasteiger partial charge in [-0.1, -0.05) is 13.0 Å². The van der Waals surface area contributed by atoms with E-state index in [0.717, 1.165) is 11.3 Å². The van der Waals surface area contributed by atoms with E-state index in [4.69, 9.17) is 5.11 Å². The van der Waals surface area contributed by atoms with E-state index < -0.39 is 16.0 Å². The standard InChI is InChI=1S/C14H16N2O4S2/c1-3-10-7-15-13(21-10)8-16-22(19,20)11-5-4-9(2)12(6-11)14(17)18/h4-7,16H,3,8H2,1-2H3,(H,17,18). The van der Waals surface area contributed by atoms with Gasteiger partial charge in [-0.05, 0) is 31.0 Å². The highest BCUT2D eigenvalue weighted by molar-refractivity contribution is 7.89. The number of aromatic nitrogens is 1. The second-order valence-corrected chi connectivity index (χ2v) is 7.65. The van der Waals surface area contributed by atoms with Gasteiger partial charge in [-0.15, -0.1) is 11.3 Å². The fourth-order valence-electron chi connectivity index (χ4n) is 1.83. The molecule has 0 amide bonds. The average Bonchev–Trinajstić information content (AvgIpc) is 2.93. The van der Waals surface area contributed by atoms with Gasteiger partial charge < -0.3 is 5.11 Å². The topological polar surface area (TPSA) is 96.4 Å². The molecule has 118 valence electrons. The van der Waals surface area contributed by atoms with Crippen LogP contribution in [0.4, 0.5) is 0 Å². The Morgan fingerprint density at radius 2 is 2.14 bits per heavy atom. The van der Waals surface area contributed by atoms with Crippen molar-refractivity contribution < 1.29 is 18.3 Å². The number of carboxylic acids is 1. The molecule has 8 heteroatoms. The molecule has 0 spiro atoms. The Morgan fingerprint density at radius 3 is 2.73 bits per heavy atom. The molecule has 0 aliphatic carbocycles. The van der Waals surface area contributed by atoms with Crippen LogP contribution in [0.15, 0.2) is 29.3 Å². The highest BCUT2D eigenvalue weighted by Gasteiger charge is 2.18. The van der Waals surface area contributed by atoms with Crippen LogP contribution in [0, 0.1) is 6.92 Å². The number of carboxylic acid groups (broad SMARTS) is 1. The third-order valence-corrected chi connectivity index (χ3v) is 5.65. The Hall–Kier alpha value is -1.77. The monoisotopic (exact) mass is 340 g/mol. The zero-order valence-electron chi connectivity index (χ0n) is 12.2. The molecule has 1 aromatic heterocycles. The average molecular weight is 340 g/mol. The van der Waals surface area contributed by atoms with E-state index in [9.17, 15) is 13.2 Å². The molecule has 0 atom stereocenters. The maximum absolute atomic E-state index is 12.2. The van der Waals surface area contributed by atoms with Crippen molar-refractivity contribution in [3.63, 3.8) is 0 Å². The van der Waals surface area contributed by atoms with Gasteiger partial charge in [0.2, 0.25) is 10.0 Å². The third-order valence-electron chi connectivity index (χ3n) is 3.11. The molecule has 0 radical (unpaired) electrons. The number of rotatable bonds is 6. The first kappa shape index (κ1) is 16.6. The lowest BCUT2D eigenvalue weighted by Gasteiger charge is -2.07. The minimum atomic E-state index is -3.78. The quantitative estimate of drug-likeness (QED) is 0.840. The number of hydrogen-bond donors (Lipinski definition) is 2. The maximum atomic E-state index is 12.2. The fraction of sp³-hybridized carbons (Fsp3) is 0.286. The number of hydrogen-bond acceptors (Lipinski definition) is 5. The molecule has 0 aliphatic rings. The molecule has 2 aromatic rings. The molecule has 2 rings (SSSR count). The first-order valence-corrected chi connectivity index (χ1v) is 8.90. The van der Waals surface area contributed by atoms with Crippen LogP contribution in [0.2, 0.25) is 0 Å². The molecule has 6 nitrogen and oxygen atoms in total. The van der Waals surface area contributed by atoms with E-state index in [1.807, 2.05) is 6.92 Å². The normalized spacial score (nSPS) is 11.5. The van der Waals surface area contributed by atoms with Crippen LogP contribution in [0.3, 0.4) is 0 Å². The summed E-state index contributed by atoms with van der Waals surface area (Å²) < 4.78 is 26.9. The van der Waals surface area contributed by atoms with Crippen molar-refractivity contribution >= 4 is 27.3 Å². The predicted molar refractivity (Wildman–Crippen MR) is 83.7 cm³/mol. The van der Waals surface area contributed by atoms with Crippen molar-refractivity contribution in [1.29, 1.82) is 0 Å². The fourth-order valence-corrected chi connectivity index (χ4v) is 3.74. The summed E-state index contributed by atoms with van der Waals surface area (Å²) in [7, 11) is -3.78. The number of sulfonamides is 1. The minimum Gasteiger partial charge on any atom is -0.478 e. The van der Waals surface area contributed by atoms with Crippen LogP contribution in [0.1, 0.15) is 32.7 Å². The van der Waals surface area contributed by atoms with Crippen molar-refractivity contribution in [3.05, 3.63) is 45.4 Å². The van der Waals surface area contributed by atoms with Gasteiger partial charge in [-0.3, -0.25) is 0 Å². The smallest absolute Gasteiger partial charge is 0.335 e. The molecule has 0 unspecified atom stereocenters. The van der Waals surface area contributed by atoms with Crippen molar-refractivity contribution in [2.24, 2.45) is 0 Å². The van der Waals surface area contributed by atoms with Gasteiger partial charge in [0.1, 0.15) is 5.01 Å². The van der Waals surface area contributed by atoms with Gasteiger partial charge >= 0.3 is 5.97 Å². The van der Waals surface area contributed by atoms with Crippen LogP contribution >= 0.6 is 11.3 Å². The van der Waals surface area contributed by atoms with Gasteiger partial charge in [0, 0.05) is 11.1 Å². The number of thiazole rings is 1. The van der Waals surface area contributed by atoms with Gasteiger partial charge in [0.15, 0.2) is 0 Å². The Bertz CT molecular complexity index is 797. The van der Waals surface area contributed by atoms with Crippen LogP contribution in [0.5, 0.6) is 0 Å². The van der Waals surface area contributed by atoms with Crippen LogP contribution in [-0.4, -0.2) is 24.5 Å². The predicted octanol–water partition coefficient (Wildman–Crippen LogP) is 2.19. The lowest BCUT2D eigenvalue weighted by atomic mass is 10.1. The zero-order valence-corrected chi connectivity index (χ0v) is 13.8. The van der Waals surface area contributed by atoms with Gasteiger partial charge in [0.25, 0.3) is 0 Å².